The normalized spacial score (nSPS) is 13.3. The van der Waals surface area contributed by atoms with Crippen LogP contribution in [0.25, 0.3) is 0 Å². The molecule has 0 aromatic heterocycles. The van der Waals surface area contributed by atoms with E-state index in [1.54, 1.807) is 0 Å². The molecule has 0 spiro atoms. The zero-order chi connectivity index (χ0) is 19.2. The molecule has 3 aromatic rings. The molecule has 0 nitrogen and oxygen atoms in total. The summed E-state index contributed by atoms with van der Waals surface area (Å²) in [5, 5.41) is 0. The van der Waals surface area contributed by atoms with Gasteiger partial charge in [-0.2, -0.15) is 0 Å². The van der Waals surface area contributed by atoms with Crippen LogP contribution in [0.2, 0.25) is 0 Å². The largest absolute Gasteiger partial charge is 0.0591 e. The third-order valence-corrected chi connectivity index (χ3v) is 5.74. The van der Waals surface area contributed by atoms with Crippen molar-refractivity contribution < 1.29 is 0 Å². The van der Waals surface area contributed by atoms with E-state index >= 15 is 0 Å². The Morgan fingerprint density at radius 1 is 0.593 bits per heavy atom. The molecule has 0 heteroatoms. The van der Waals surface area contributed by atoms with Gasteiger partial charge in [0.2, 0.25) is 0 Å². The van der Waals surface area contributed by atoms with E-state index in [0.29, 0.717) is 11.8 Å². The summed E-state index contributed by atoms with van der Waals surface area (Å²) < 4.78 is 0. The molecule has 0 saturated heterocycles. The van der Waals surface area contributed by atoms with Gasteiger partial charge >= 0.3 is 0 Å². The summed E-state index contributed by atoms with van der Waals surface area (Å²) >= 11 is 0. The summed E-state index contributed by atoms with van der Waals surface area (Å²) in [4.78, 5) is 0. The van der Waals surface area contributed by atoms with Gasteiger partial charge in [0.05, 0.1) is 0 Å². The molecule has 3 aromatic carbocycles. The first-order valence-corrected chi connectivity index (χ1v) is 10.2. The molecule has 0 radical (unpaired) electrons. The molecule has 140 valence electrons. The highest BCUT2D eigenvalue weighted by molar-refractivity contribution is 5.28. The molecule has 27 heavy (non-hydrogen) atoms. The lowest BCUT2D eigenvalue weighted by atomic mass is 9.82. The van der Waals surface area contributed by atoms with Crippen molar-refractivity contribution in [1.29, 1.82) is 0 Å². The first kappa shape index (κ1) is 19.4. The van der Waals surface area contributed by atoms with E-state index in [2.05, 4.69) is 100 Å². The van der Waals surface area contributed by atoms with Gasteiger partial charge in [0.1, 0.15) is 0 Å². The fraction of sp³-hybridized carbons (Fsp3) is 0.333. The highest BCUT2D eigenvalue weighted by atomic mass is 14.2. The summed E-state index contributed by atoms with van der Waals surface area (Å²) in [7, 11) is 0. The minimum atomic E-state index is 0.565. The number of rotatable bonds is 7. The zero-order valence-corrected chi connectivity index (χ0v) is 17.2. The fourth-order valence-electron chi connectivity index (χ4n) is 3.81. The Labute approximate surface area is 165 Å². The van der Waals surface area contributed by atoms with E-state index in [4.69, 9.17) is 0 Å². The van der Waals surface area contributed by atoms with Gasteiger partial charge in [-0.15, -0.1) is 0 Å². The van der Waals surface area contributed by atoms with Crippen LogP contribution in [0.15, 0.2) is 72.8 Å². The predicted molar refractivity (Wildman–Crippen MR) is 118 cm³/mol. The van der Waals surface area contributed by atoms with Gasteiger partial charge in [-0.05, 0) is 68.6 Å². The van der Waals surface area contributed by atoms with Crippen LogP contribution in [-0.4, -0.2) is 0 Å². The molecule has 2 unspecified atom stereocenters. The summed E-state index contributed by atoms with van der Waals surface area (Å²) in [5.74, 6) is 1.15. The monoisotopic (exact) mass is 356 g/mol. The molecule has 0 aliphatic carbocycles. The van der Waals surface area contributed by atoms with E-state index < -0.39 is 0 Å². The van der Waals surface area contributed by atoms with Gasteiger partial charge in [-0.3, -0.25) is 0 Å². The van der Waals surface area contributed by atoms with Crippen molar-refractivity contribution in [2.75, 3.05) is 0 Å². The molecule has 0 aliphatic heterocycles. The Morgan fingerprint density at radius 3 is 1.56 bits per heavy atom. The summed E-state index contributed by atoms with van der Waals surface area (Å²) in [6, 6.07) is 27.3. The molecule has 3 rings (SSSR count). The topological polar surface area (TPSA) is 0 Å². The molecule has 0 amide bonds. The maximum Gasteiger partial charge on any atom is -0.0153 e. The quantitative estimate of drug-likeness (QED) is 0.410. The van der Waals surface area contributed by atoms with E-state index in [-0.39, 0.29) is 0 Å². The van der Waals surface area contributed by atoms with Gasteiger partial charge in [0.15, 0.2) is 0 Å². The fourth-order valence-corrected chi connectivity index (χ4v) is 3.81. The van der Waals surface area contributed by atoms with Crippen LogP contribution in [0.1, 0.15) is 65.0 Å². The number of hydrogen-bond acceptors (Lipinski definition) is 0. The highest BCUT2D eigenvalue weighted by Gasteiger charge is 2.17. The Morgan fingerprint density at radius 2 is 1.04 bits per heavy atom. The second-order valence-electron chi connectivity index (χ2n) is 8.18. The van der Waals surface area contributed by atoms with Gasteiger partial charge in [-0.25, -0.2) is 0 Å². The average molecular weight is 357 g/mol. The second-order valence-corrected chi connectivity index (χ2v) is 8.18. The smallest absolute Gasteiger partial charge is 0.0153 e. The summed E-state index contributed by atoms with van der Waals surface area (Å²) in [6.45, 7) is 8.85. The van der Waals surface area contributed by atoms with E-state index in [1.165, 1.54) is 46.2 Å². The van der Waals surface area contributed by atoms with Gasteiger partial charge in [0.25, 0.3) is 0 Å². The highest BCUT2D eigenvalue weighted by Crippen LogP contribution is 2.33. The second kappa shape index (κ2) is 9.04. The van der Waals surface area contributed by atoms with Crippen molar-refractivity contribution in [3.8, 4) is 0 Å². The summed E-state index contributed by atoms with van der Waals surface area (Å²) in [6.07, 6.45) is 3.53. The SMILES string of the molecule is Cc1ccc(CCC(CC(C)c2ccc(C)cc2)c2ccc(C)cc2)cc1. The van der Waals surface area contributed by atoms with Crippen molar-refractivity contribution in [2.24, 2.45) is 0 Å². The van der Waals surface area contributed by atoms with Gasteiger partial charge in [0, 0.05) is 0 Å². The third-order valence-electron chi connectivity index (χ3n) is 5.74. The predicted octanol–water partition coefficient (Wildman–Crippen LogP) is 7.52. The summed E-state index contributed by atoms with van der Waals surface area (Å²) in [5.41, 5.74) is 8.38. The third kappa shape index (κ3) is 5.57. The van der Waals surface area contributed by atoms with Crippen LogP contribution in [0.3, 0.4) is 0 Å². The number of hydrogen-bond donors (Lipinski definition) is 0. The lowest BCUT2D eigenvalue weighted by Crippen LogP contribution is -2.06. The molecule has 0 aliphatic rings. The minimum Gasteiger partial charge on any atom is -0.0591 e. The Bertz CT molecular complexity index is 823. The molecule has 0 N–H and O–H groups in total. The zero-order valence-electron chi connectivity index (χ0n) is 17.2. The van der Waals surface area contributed by atoms with E-state index in [1.807, 2.05) is 0 Å². The van der Waals surface area contributed by atoms with Gasteiger partial charge in [-0.1, -0.05) is 96.4 Å². The van der Waals surface area contributed by atoms with Crippen LogP contribution in [0.4, 0.5) is 0 Å². The maximum atomic E-state index is 2.37. The van der Waals surface area contributed by atoms with Crippen molar-refractivity contribution in [3.63, 3.8) is 0 Å². The van der Waals surface area contributed by atoms with Crippen molar-refractivity contribution in [2.45, 2.75) is 58.8 Å². The lowest BCUT2D eigenvalue weighted by molar-refractivity contribution is 0.525. The van der Waals surface area contributed by atoms with Crippen LogP contribution < -0.4 is 0 Å². The van der Waals surface area contributed by atoms with Crippen LogP contribution in [-0.2, 0) is 6.42 Å². The Balaban J connectivity index is 1.75. The van der Waals surface area contributed by atoms with Crippen molar-refractivity contribution in [3.05, 3.63) is 106 Å². The molecule has 2 atom stereocenters. The van der Waals surface area contributed by atoms with Crippen LogP contribution >= 0.6 is 0 Å². The minimum absolute atomic E-state index is 0.565. The lowest BCUT2D eigenvalue weighted by Gasteiger charge is -2.22. The Hall–Kier alpha value is -2.34. The molecule has 0 fully saturated rings. The average Bonchev–Trinajstić information content (AvgIpc) is 2.67. The molecular formula is C27H32. The number of benzene rings is 3. The van der Waals surface area contributed by atoms with Crippen LogP contribution in [0, 0.1) is 20.8 Å². The standard InChI is InChI=1S/C27H32/c1-20-5-11-24(12-6-20)13-18-27(26-16-9-22(3)10-17-26)19-23(4)25-14-7-21(2)8-15-25/h5-12,14-17,23,27H,13,18-19H2,1-4H3. The van der Waals surface area contributed by atoms with Crippen LogP contribution in [0.5, 0.6) is 0 Å². The van der Waals surface area contributed by atoms with Crippen molar-refractivity contribution in [1.82, 2.24) is 0 Å². The maximum absolute atomic E-state index is 2.37. The van der Waals surface area contributed by atoms with E-state index in [0.717, 1.165) is 6.42 Å². The Kier molecular flexibility index (Phi) is 6.50. The number of aryl methyl sites for hydroxylation is 4. The van der Waals surface area contributed by atoms with Crippen molar-refractivity contribution >= 4 is 0 Å². The van der Waals surface area contributed by atoms with E-state index in [9.17, 15) is 0 Å². The first-order valence-electron chi connectivity index (χ1n) is 10.2. The first-order chi connectivity index (χ1) is 13.0. The molecule has 0 saturated carbocycles. The van der Waals surface area contributed by atoms with Gasteiger partial charge < -0.3 is 0 Å². The molecule has 0 heterocycles. The molecular weight excluding hydrogens is 324 g/mol. The molecule has 0 bridgehead atoms.